The van der Waals surface area contributed by atoms with E-state index < -0.39 is 5.82 Å². The van der Waals surface area contributed by atoms with Crippen LogP contribution in [0.3, 0.4) is 0 Å². The first-order valence-corrected chi connectivity index (χ1v) is 5.92. The maximum Gasteiger partial charge on any atom is 0.224 e. The van der Waals surface area contributed by atoms with Crippen LogP contribution in [0.25, 0.3) is 0 Å². The Morgan fingerprint density at radius 2 is 2.24 bits per heavy atom. The Hall–Kier alpha value is -1.41. The number of hydrogen-bond acceptors (Lipinski definition) is 4. The maximum absolute atomic E-state index is 13.4. The molecule has 1 aliphatic rings. The zero-order chi connectivity index (χ0) is 12.3. The van der Waals surface area contributed by atoms with Gasteiger partial charge in [0.1, 0.15) is 0 Å². The third-order valence-electron chi connectivity index (χ3n) is 2.97. The first kappa shape index (κ1) is 12.1. The van der Waals surface area contributed by atoms with Gasteiger partial charge in [0.05, 0.1) is 18.2 Å². The van der Waals surface area contributed by atoms with Gasteiger partial charge in [0.2, 0.25) is 5.28 Å². The highest BCUT2D eigenvalue weighted by molar-refractivity contribution is 6.28. The molecule has 1 heterocycles. The second-order valence-corrected chi connectivity index (χ2v) is 4.44. The van der Waals surface area contributed by atoms with Gasteiger partial charge in [-0.15, -0.1) is 0 Å². The summed E-state index contributed by atoms with van der Waals surface area (Å²) >= 11 is 5.61. The van der Waals surface area contributed by atoms with E-state index in [1.807, 2.05) is 0 Å². The zero-order valence-corrected chi connectivity index (χ0v) is 9.91. The third kappa shape index (κ3) is 2.83. The normalized spacial score (nSPS) is 24.1. The molecule has 4 nitrogen and oxygen atoms in total. The highest BCUT2D eigenvalue weighted by Gasteiger charge is 2.26. The summed E-state index contributed by atoms with van der Waals surface area (Å²) in [6, 6.07) is 2.19. The molecule has 1 aromatic heterocycles. The summed E-state index contributed by atoms with van der Waals surface area (Å²) < 4.78 is 13.4. The monoisotopic (exact) mass is 254 g/mol. The van der Waals surface area contributed by atoms with Gasteiger partial charge in [0, 0.05) is 6.04 Å². The van der Waals surface area contributed by atoms with E-state index in [1.54, 1.807) is 0 Å². The molecule has 17 heavy (non-hydrogen) atoms. The topological polar surface area (TPSA) is 61.6 Å². The third-order valence-corrected chi connectivity index (χ3v) is 3.15. The molecule has 90 valence electrons. The standard InChI is InChI=1S/C11H12ClFN4/c12-11-15-6-8(13)10(17-11)16-9-4-2-1-3-7(9)5-14/h6-7,9H,1-4H2,(H,15,16,17). The van der Waals surface area contributed by atoms with Crippen LogP contribution < -0.4 is 5.32 Å². The Kier molecular flexibility index (Phi) is 3.75. The molecule has 1 N–H and O–H groups in total. The summed E-state index contributed by atoms with van der Waals surface area (Å²) in [5.41, 5.74) is 0. The first-order chi connectivity index (χ1) is 8.20. The van der Waals surface area contributed by atoms with Crippen LogP contribution in [0.15, 0.2) is 6.20 Å². The summed E-state index contributed by atoms with van der Waals surface area (Å²) in [7, 11) is 0. The molecular formula is C11H12ClFN4. The quantitative estimate of drug-likeness (QED) is 0.825. The smallest absolute Gasteiger partial charge is 0.224 e. The van der Waals surface area contributed by atoms with Crippen molar-refractivity contribution in [3.63, 3.8) is 0 Å². The predicted octanol–water partition coefficient (Wildman–Crippen LogP) is 2.76. The Balaban J connectivity index is 2.14. The molecule has 2 unspecified atom stereocenters. The van der Waals surface area contributed by atoms with Crippen molar-refractivity contribution in [2.24, 2.45) is 5.92 Å². The lowest BCUT2D eigenvalue weighted by atomic mass is 9.85. The van der Waals surface area contributed by atoms with Crippen LogP contribution in [0.4, 0.5) is 10.2 Å². The average Bonchev–Trinajstić information content (AvgIpc) is 2.34. The van der Waals surface area contributed by atoms with Crippen molar-refractivity contribution in [2.45, 2.75) is 31.7 Å². The van der Waals surface area contributed by atoms with Crippen LogP contribution in [0.2, 0.25) is 5.28 Å². The fraction of sp³-hybridized carbons (Fsp3) is 0.545. The largest absolute Gasteiger partial charge is 0.363 e. The van der Waals surface area contributed by atoms with Crippen LogP contribution in [0.1, 0.15) is 25.7 Å². The van der Waals surface area contributed by atoms with E-state index in [-0.39, 0.29) is 23.1 Å². The molecule has 0 spiro atoms. The number of nitrogens with zero attached hydrogens (tertiary/aromatic N) is 3. The second kappa shape index (κ2) is 5.28. The van der Waals surface area contributed by atoms with Gasteiger partial charge in [0.15, 0.2) is 11.6 Å². The van der Waals surface area contributed by atoms with Gasteiger partial charge in [-0.2, -0.15) is 10.2 Å². The fourth-order valence-electron chi connectivity index (χ4n) is 2.08. The molecule has 0 saturated heterocycles. The van der Waals surface area contributed by atoms with E-state index in [1.165, 1.54) is 0 Å². The lowest BCUT2D eigenvalue weighted by Gasteiger charge is -2.27. The van der Waals surface area contributed by atoms with Crippen molar-refractivity contribution in [1.82, 2.24) is 9.97 Å². The van der Waals surface area contributed by atoms with E-state index in [2.05, 4.69) is 21.4 Å². The van der Waals surface area contributed by atoms with Gasteiger partial charge in [-0.25, -0.2) is 9.37 Å². The number of nitrogens with one attached hydrogen (secondary N) is 1. The number of nitriles is 1. The van der Waals surface area contributed by atoms with Crippen LogP contribution in [-0.2, 0) is 0 Å². The molecule has 1 fully saturated rings. The van der Waals surface area contributed by atoms with Gasteiger partial charge < -0.3 is 5.32 Å². The minimum atomic E-state index is -0.545. The lowest BCUT2D eigenvalue weighted by Crippen LogP contribution is -2.32. The molecular weight excluding hydrogens is 243 g/mol. The minimum Gasteiger partial charge on any atom is -0.363 e. The number of hydrogen-bond donors (Lipinski definition) is 1. The number of rotatable bonds is 2. The van der Waals surface area contributed by atoms with Gasteiger partial charge in [0.25, 0.3) is 0 Å². The molecule has 1 saturated carbocycles. The fourth-order valence-corrected chi connectivity index (χ4v) is 2.21. The zero-order valence-electron chi connectivity index (χ0n) is 9.16. The van der Waals surface area contributed by atoms with Crippen molar-refractivity contribution in [1.29, 1.82) is 5.26 Å². The van der Waals surface area contributed by atoms with Crippen molar-refractivity contribution < 1.29 is 4.39 Å². The number of anilines is 1. The van der Waals surface area contributed by atoms with E-state index in [9.17, 15) is 4.39 Å². The Morgan fingerprint density at radius 1 is 1.47 bits per heavy atom. The van der Waals surface area contributed by atoms with Gasteiger partial charge in [-0.1, -0.05) is 12.8 Å². The maximum atomic E-state index is 13.4. The molecule has 0 amide bonds. The molecule has 0 aromatic carbocycles. The van der Waals surface area contributed by atoms with E-state index in [0.29, 0.717) is 0 Å². The molecule has 1 aliphatic carbocycles. The Morgan fingerprint density at radius 3 is 3.00 bits per heavy atom. The van der Waals surface area contributed by atoms with Crippen LogP contribution >= 0.6 is 11.6 Å². The predicted molar refractivity (Wildman–Crippen MR) is 62.0 cm³/mol. The molecule has 1 aromatic rings. The van der Waals surface area contributed by atoms with Crippen molar-refractivity contribution in [2.75, 3.05) is 5.32 Å². The number of halogens is 2. The minimum absolute atomic E-state index is 0.00165. The van der Waals surface area contributed by atoms with Crippen LogP contribution in [0.5, 0.6) is 0 Å². The van der Waals surface area contributed by atoms with Crippen molar-refractivity contribution in [3.05, 3.63) is 17.3 Å². The van der Waals surface area contributed by atoms with E-state index >= 15 is 0 Å². The molecule has 0 aliphatic heterocycles. The Labute approximate surface area is 104 Å². The van der Waals surface area contributed by atoms with Crippen molar-refractivity contribution in [3.8, 4) is 6.07 Å². The van der Waals surface area contributed by atoms with E-state index in [4.69, 9.17) is 16.9 Å². The molecule has 2 atom stereocenters. The van der Waals surface area contributed by atoms with Gasteiger partial charge >= 0.3 is 0 Å². The highest BCUT2D eigenvalue weighted by atomic mass is 35.5. The SMILES string of the molecule is N#CC1CCCCC1Nc1nc(Cl)ncc1F. The summed E-state index contributed by atoms with van der Waals surface area (Å²) in [5, 5.41) is 12.0. The molecule has 0 bridgehead atoms. The second-order valence-electron chi connectivity index (χ2n) is 4.11. The summed E-state index contributed by atoms with van der Waals surface area (Å²) in [4.78, 5) is 7.34. The molecule has 2 rings (SSSR count). The highest BCUT2D eigenvalue weighted by Crippen LogP contribution is 2.27. The lowest BCUT2D eigenvalue weighted by molar-refractivity contribution is 0.386. The summed E-state index contributed by atoms with van der Waals surface area (Å²) in [5.74, 6) is -0.564. The molecule has 6 heteroatoms. The van der Waals surface area contributed by atoms with Crippen LogP contribution in [0, 0.1) is 23.1 Å². The summed E-state index contributed by atoms with van der Waals surface area (Å²) in [6.45, 7) is 0. The van der Waals surface area contributed by atoms with E-state index in [0.717, 1.165) is 31.9 Å². The van der Waals surface area contributed by atoms with Crippen LogP contribution in [-0.4, -0.2) is 16.0 Å². The average molecular weight is 255 g/mol. The Bertz CT molecular complexity index is 446. The van der Waals surface area contributed by atoms with Gasteiger partial charge in [-0.05, 0) is 24.4 Å². The summed E-state index contributed by atoms with van der Waals surface area (Å²) in [6.07, 6.45) is 4.80. The number of aromatic nitrogens is 2. The van der Waals surface area contributed by atoms with Crippen molar-refractivity contribution >= 4 is 17.4 Å². The molecule has 0 radical (unpaired) electrons. The first-order valence-electron chi connectivity index (χ1n) is 5.55. The van der Waals surface area contributed by atoms with Gasteiger partial charge in [-0.3, -0.25) is 0 Å².